The van der Waals surface area contributed by atoms with Crippen LogP contribution in [-0.2, 0) is 0 Å². The summed E-state index contributed by atoms with van der Waals surface area (Å²) in [5.74, 6) is 0.794. The van der Waals surface area contributed by atoms with Crippen molar-refractivity contribution in [2.45, 2.75) is 18.9 Å². The van der Waals surface area contributed by atoms with Crippen molar-refractivity contribution in [2.75, 3.05) is 47.3 Å². The summed E-state index contributed by atoms with van der Waals surface area (Å²) in [6, 6.07) is 11.2. The Morgan fingerprint density at radius 2 is 2.05 bits per heavy atom. The Morgan fingerprint density at radius 3 is 2.70 bits per heavy atom. The third kappa shape index (κ3) is 4.89. The summed E-state index contributed by atoms with van der Waals surface area (Å²) in [4.78, 5) is 4.72. The fourth-order valence-corrected chi connectivity index (χ4v) is 3.09. The van der Waals surface area contributed by atoms with Crippen molar-refractivity contribution in [1.29, 1.82) is 0 Å². The Balaban J connectivity index is 1.91. The molecule has 0 radical (unpaired) electrons. The highest BCUT2D eigenvalue weighted by atomic mass is 15.1. The van der Waals surface area contributed by atoms with E-state index >= 15 is 0 Å². The number of hydrogen-bond acceptors (Lipinski definition) is 3. The van der Waals surface area contributed by atoms with Crippen LogP contribution in [0.1, 0.15) is 24.4 Å². The maximum Gasteiger partial charge on any atom is 0.0449 e. The van der Waals surface area contributed by atoms with Crippen molar-refractivity contribution in [1.82, 2.24) is 15.1 Å². The highest BCUT2D eigenvalue weighted by Crippen LogP contribution is 2.17. The number of likely N-dealkylation sites (N-methyl/N-ethyl adjacent to an activating group) is 1. The first-order valence-corrected chi connectivity index (χ1v) is 7.76. The van der Waals surface area contributed by atoms with Crippen LogP contribution >= 0.6 is 0 Å². The molecule has 0 spiro atoms. The van der Waals surface area contributed by atoms with Crippen LogP contribution < -0.4 is 5.32 Å². The van der Waals surface area contributed by atoms with Gasteiger partial charge in [-0.2, -0.15) is 0 Å². The van der Waals surface area contributed by atoms with Crippen LogP contribution in [0.4, 0.5) is 0 Å². The number of benzene rings is 1. The monoisotopic (exact) mass is 275 g/mol. The molecule has 1 aliphatic heterocycles. The fraction of sp³-hybridized carbons (Fsp3) is 0.647. The van der Waals surface area contributed by atoms with Crippen molar-refractivity contribution in [3.05, 3.63) is 35.9 Å². The molecular formula is C17H29N3. The van der Waals surface area contributed by atoms with Crippen molar-refractivity contribution >= 4 is 0 Å². The van der Waals surface area contributed by atoms with Gasteiger partial charge in [0, 0.05) is 19.1 Å². The number of nitrogens with one attached hydrogen (secondary N) is 1. The molecule has 1 fully saturated rings. The van der Waals surface area contributed by atoms with Gasteiger partial charge in [0.05, 0.1) is 0 Å². The average molecular weight is 275 g/mol. The number of likely N-dealkylation sites (tertiary alicyclic amines) is 1. The Kier molecular flexibility index (Phi) is 6.02. The van der Waals surface area contributed by atoms with Gasteiger partial charge in [0.2, 0.25) is 0 Å². The minimum absolute atomic E-state index is 0.429. The summed E-state index contributed by atoms with van der Waals surface area (Å²) in [5, 5.41) is 3.79. The lowest BCUT2D eigenvalue weighted by atomic mass is 9.97. The molecule has 0 aliphatic carbocycles. The van der Waals surface area contributed by atoms with Crippen molar-refractivity contribution in [3.63, 3.8) is 0 Å². The summed E-state index contributed by atoms with van der Waals surface area (Å²) in [6.45, 7) is 4.66. The maximum absolute atomic E-state index is 3.79. The number of piperidine rings is 1. The van der Waals surface area contributed by atoms with E-state index in [2.05, 4.69) is 66.6 Å². The minimum atomic E-state index is 0.429. The van der Waals surface area contributed by atoms with Gasteiger partial charge in [0.25, 0.3) is 0 Å². The molecule has 3 nitrogen and oxygen atoms in total. The van der Waals surface area contributed by atoms with E-state index in [1.165, 1.54) is 31.5 Å². The summed E-state index contributed by atoms with van der Waals surface area (Å²) < 4.78 is 0. The molecule has 0 amide bonds. The first kappa shape index (κ1) is 15.5. The smallest absolute Gasteiger partial charge is 0.0449 e. The first-order valence-electron chi connectivity index (χ1n) is 7.76. The SMILES string of the molecule is CN(C)CC(NCC1CCCN(C)C1)c1ccccc1. The minimum Gasteiger partial charge on any atom is -0.309 e. The molecule has 1 N–H and O–H groups in total. The van der Waals surface area contributed by atoms with Gasteiger partial charge in [0.1, 0.15) is 0 Å². The van der Waals surface area contributed by atoms with Crippen LogP contribution in [-0.4, -0.2) is 57.1 Å². The van der Waals surface area contributed by atoms with Gasteiger partial charge < -0.3 is 15.1 Å². The molecule has 2 unspecified atom stereocenters. The lowest BCUT2D eigenvalue weighted by molar-refractivity contribution is 0.199. The Labute approximate surface area is 124 Å². The van der Waals surface area contributed by atoms with Crippen LogP contribution in [0, 0.1) is 5.92 Å². The molecule has 1 aromatic carbocycles. The molecule has 2 rings (SSSR count). The second-order valence-corrected chi connectivity index (χ2v) is 6.40. The van der Waals surface area contributed by atoms with Gasteiger partial charge in [0.15, 0.2) is 0 Å². The van der Waals surface area contributed by atoms with Gasteiger partial charge in [-0.3, -0.25) is 0 Å². The maximum atomic E-state index is 3.79. The van der Waals surface area contributed by atoms with E-state index in [0.29, 0.717) is 6.04 Å². The standard InChI is InChI=1S/C17H29N3/c1-19(2)14-17(16-9-5-4-6-10-16)18-12-15-8-7-11-20(3)13-15/h4-6,9-10,15,17-18H,7-8,11-14H2,1-3H3. The van der Waals surface area contributed by atoms with Crippen molar-refractivity contribution in [3.8, 4) is 0 Å². The topological polar surface area (TPSA) is 18.5 Å². The van der Waals surface area contributed by atoms with E-state index in [4.69, 9.17) is 0 Å². The fourth-order valence-electron chi connectivity index (χ4n) is 3.09. The molecule has 3 heteroatoms. The van der Waals surface area contributed by atoms with Crippen LogP contribution in [0.3, 0.4) is 0 Å². The second kappa shape index (κ2) is 7.77. The highest BCUT2D eigenvalue weighted by molar-refractivity contribution is 5.19. The molecule has 2 atom stereocenters. The third-order valence-corrected chi connectivity index (χ3v) is 4.12. The molecule has 1 heterocycles. The molecule has 0 aromatic heterocycles. The molecule has 0 bridgehead atoms. The number of hydrogen-bond donors (Lipinski definition) is 1. The Morgan fingerprint density at radius 1 is 1.30 bits per heavy atom. The molecule has 0 saturated carbocycles. The summed E-state index contributed by atoms with van der Waals surface area (Å²) in [5.41, 5.74) is 1.39. The van der Waals surface area contributed by atoms with E-state index in [-0.39, 0.29) is 0 Å². The van der Waals surface area contributed by atoms with Crippen LogP contribution in [0.5, 0.6) is 0 Å². The Hall–Kier alpha value is -0.900. The Bertz CT molecular complexity index is 377. The highest BCUT2D eigenvalue weighted by Gasteiger charge is 2.19. The van der Waals surface area contributed by atoms with E-state index < -0.39 is 0 Å². The van der Waals surface area contributed by atoms with Gasteiger partial charge >= 0.3 is 0 Å². The van der Waals surface area contributed by atoms with E-state index in [1.54, 1.807) is 0 Å². The van der Waals surface area contributed by atoms with Gasteiger partial charge in [-0.05, 0) is 58.6 Å². The van der Waals surface area contributed by atoms with Crippen LogP contribution in [0.25, 0.3) is 0 Å². The quantitative estimate of drug-likeness (QED) is 0.859. The van der Waals surface area contributed by atoms with Gasteiger partial charge in [-0.1, -0.05) is 30.3 Å². The third-order valence-electron chi connectivity index (χ3n) is 4.12. The molecule has 1 aromatic rings. The molecule has 20 heavy (non-hydrogen) atoms. The van der Waals surface area contributed by atoms with Crippen LogP contribution in [0.2, 0.25) is 0 Å². The first-order chi connectivity index (χ1) is 9.65. The lowest BCUT2D eigenvalue weighted by Crippen LogP contribution is -2.40. The zero-order valence-corrected chi connectivity index (χ0v) is 13.2. The predicted octanol–water partition coefficient (Wildman–Crippen LogP) is 2.22. The summed E-state index contributed by atoms with van der Waals surface area (Å²) in [7, 11) is 6.53. The zero-order chi connectivity index (χ0) is 14.4. The summed E-state index contributed by atoms with van der Waals surface area (Å²) >= 11 is 0. The van der Waals surface area contributed by atoms with E-state index in [1.807, 2.05) is 0 Å². The van der Waals surface area contributed by atoms with Gasteiger partial charge in [-0.15, -0.1) is 0 Å². The van der Waals surface area contributed by atoms with Crippen LogP contribution in [0.15, 0.2) is 30.3 Å². The second-order valence-electron chi connectivity index (χ2n) is 6.40. The lowest BCUT2D eigenvalue weighted by Gasteiger charge is -2.32. The zero-order valence-electron chi connectivity index (χ0n) is 13.2. The molecule has 1 aliphatic rings. The molecular weight excluding hydrogens is 246 g/mol. The van der Waals surface area contributed by atoms with E-state index in [0.717, 1.165) is 19.0 Å². The van der Waals surface area contributed by atoms with Gasteiger partial charge in [-0.25, -0.2) is 0 Å². The van der Waals surface area contributed by atoms with Crippen molar-refractivity contribution in [2.24, 2.45) is 5.92 Å². The normalized spacial score (nSPS) is 22.1. The predicted molar refractivity (Wildman–Crippen MR) is 86.0 cm³/mol. The number of rotatable bonds is 6. The van der Waals surface area contributed by atoms with Crippen molar-refractivity contribution < 1.29 is 0 Å². The molecule has 112 valence electrons. The molecule has 1 saturated heterocycles. The largest absolute Gasteiger partial charge is 0.309 e. The average Bonchev–Trinajstić information content (AvgIpc) is 2.44. The number of nitrogens with zero attached hydrogens (tertiary/aromatic N) is 2. The van der Waals surface area contributed by atoms with E-state index in [9.17, 15) is 0 Å². The summed E-state index contributed by atoms with van der Waals surface area (Å²) in [6.07, 6.45) is 2.70.